The van der Waals surface area contributed by atoms with Crippen molar-refractivity contribution in [3.05, 3.63) is 0 Å². The third-order valence-corrected chi connectivity index (χ3v) is 1.52. The highest BCUT2D eigenvalue weighted by Crippen LogP contribution is 1.94. The molecule has 0 aliphatic carbocycles. The molecule has 0 aromatic heterocycles. The molecule has 1 atom stereocenters. The molecule has 1 aliphatic rings. The summed E-state index contributed by atoms with van der Waals surface area (Å²) in [5.74, 6) is 0. The number of aliphatic hydroxyl groups excluding tert-OH is 1. The minimum atomic E-state index is -0.233. The van der Waals surface area contributed by atoms with Gasteiger partial charge in [-0.3, -0.25) is 16.0 Å². The highest BCUT2D eigenvalue weighted by Gasteiger charge is 2.12. The van der Waals surface area contributed by atoms with Crippen LogP contribution < -0.4 is 16.0 Å². The fourth-order valence-electron chi connectivity index (χ4n) is 1.03. The molecule has 10 heavy (non-hydrogen) atoms. The Morgan fingerprint density at radius 2 is 2.10 bits per heavy atom. The van der Waals surface area contributed by atoms with Crippen LogP contribution in [0.2, 0.25) is 0 Å². The molecule has 0 aromatic rings. The van der Waals surface area contributed by atoms with Crippen LogP contribution in [0.25, 0.3) is 0 Å². The van der Waals surface area contributed by atoms with Crippen LogP contribution >= 0.6 is 0 Å². The van der Waals surface area contributed by atoms with Crippen molar-refractivity contribution in [2.45, 2.75) is 25.6 Å². The highest BCUT2D eigenvalue weighted by molar-refractivity contribution is 4.69. The van der Waals surface area contributed by atoms with Crippen molar-refractivity contribution in [3.63, 3.8) is 0 Å². The van der Waals surface area contributed by atoms with Crippen LogP contribution in [0.4, 0.5) is 0 Å². The summed E-state index contributed by atoms with van der Waals surface area (Å²) in [4.78, 5) is 0. The van der Waals surface area contributed by atoms with Crippen LogP contribution in [0, 0.1) is 0 Å². The van der Waals surface area contributed by atoms with Crippen LogP contribution in [0.1, 0.15) is 13.3 Å². The first kappa shape index (κ1) is 7.94. The minimum Gasteiger partial charge on any atom is -0.393 e. The van der Waals surface area contributed by atoms with Gasteiger partial charge in [-0.15, -0.1) is 0 Å². The molecule has 1 saturated heterocycles. The van der Waals surface area contributed by atoms with Gasteiger partial charge in [-0.25, -0.2) is 0 Å². The second kappa shape index (κ2) is 3.88. The molecule has 0 amide bonds. The number of rotatable bonds is 2. The lowest BCUT2D eigenvalue weighted by atomic mass is 10.2. The number of nitrogens with one attached hydrogen (secondary N) is 3. The Morgan fingerprint density at radius 3 is 2.60 bits per heavy atom. The van der Waals surface area contributed by atoms with Gasteiger partial charge in [0.2, 0.25) is 0 Å². The van der Waals surface area contributed by atoms with Crippen molar-refractivity contribution in [2.24, 2.45) is 0 Å². The van der Waals surface area contributed by atoms with E-state index in [0.717, 1.165) is 19.8 Å². The third kappa shape index (κ3) is 2.62. The lowest BCUT2D eigenvalue weighted by molar-refractivity contribution is 0.151. The van der Waals surface area contributed by atoms with E-state index in [0.29, 0.717) is 0 Å². The Hall–Kier alpha value is -0.160. The summed E-state index contributed by atoms with van der Waals surface area (Å²) >= 11 is 0. The van der Waals surface area contributed by atoms with Crippen molar-refractivity contribution < 1.29 is 5.11 Å². The molecule has 1 heterocycles. The zero-order valence-corrected chi connectivity index (χ0v) is 6.22. The van der Waals surface area contributed by atoms with Gasteiger partial charge < -0.3 is 5.11 Å². The Morgan fingerprint density at radius 1 is 1.50 bits per heavy atom. The standard InChI is InChI=1S/C6H15N3O/c1-5(10)2-6-8-3-7-4-9-6/h5-10H,2-4H2,1H3. The molecule has 1 fully saturated rings. The molecule has 0 bridgehead atoms. The monoisotopic (exact) mass is 145 g/mol. The van der Waals surface area contributed by atoms with Gasteiger partial charge in [-0.1, -0.05) is 0 Å². The summed E-state index contributed by atoms with van der Waals surface area (Å²) < 4.78 is 0. The molecule has 4 N–H and O–H groups in total. The molecule has 1 unspecified atom stereocenters. The average molecular weight is 145 g/mol. The molecule has 4 heteroatoms. The molecule has 0 radical (unpaired) electrons. The van der Waals surface area contributed by atoms with Gasteiger partial charge >= 0.3 is 0 Å². The molecular weight excluding hydrogens is 130 g/mol. The van der Waals surface area contributed by atoms with E-state index in [1.54, 1.807) is 6.92 Å². The smallest absolute Gasteiger partial charge is 0.0616 e. The van der Waals surface area contributed by atoms with Crippen molar-refractivity contribution in [1.29, 1.82) is 0 Å². The van der Waals surface area contributed by atoms with Gasteiger partial charge in [0.1, 0.15) is 0 Å². The third-order valence-electron chi connectivity index (χ3n) is 1.52. The number of hydrogen-bond donors (Lipinski definition) is 4. The zero-order chi connectivity index (χ0) is 7.40. The molecule has 0 saturated carbocycles. The largest absolute Gasteiger partial charge is 0.393 e. The number of hydrogen-bond acceptors (Lipinski definition) is 4. The summed E-state index contributed by atoms with van der Waals surface area (Å²) in [6.07, 6.45) is 0.797. The first-order valence-corrected chi connectivity index (χ1v) is 3.64. The van der Waals surface area contributed by atoms with E-state index in [2.05, 4.69) is 16.0 Å². The van der Waals surface area contributed by atoms with E-state index in [9.17, 15) is 0 Å². The normalized spacial score (nSPS) is 24.6. The Bertz CT molecular complexity index is 91.0. The summed E-state index contributed by atoms with van der Waals surface area (Å²) in [5.41, 5.74) is 0. The first-order valence-electron chi connectivity index (χ1n) is 3.64. The Kier molecular flexibility index (Phi) is 3.08. The van der Waals surface area contributed by atoms with Crippen molar-refractivity contribution in [2.75, 3.05) is 13.3 Å². The van der Waals surface area contributed by atoms with E-state index in [1.165, 1.54) is 0 Å². The van der Waals surface area contributed by atoms with Gasteiger partial charge in [0, 0.05) is 19.8 Å². The van der Waals surface area contributed by atoms with E-state index in [-0.39, 0.29) is 12.3 Å². The topological polar surface area (TPSA) is 56.3 Å². The second-order valence-electron chi connectivity index (χ2n) is 2.65. The van der Waals surface area contributed by atoms with E-state index in [1.807, 2.05) is 0 Å². The summed E-state index contributed by atoms with van der Waals surface area (Å²) in [6.45, 7) is 3.44. The van der Waals surface area contributed by atoms with Crippen LogP contribution in [-0.4, -0.2) is 30.7 Å². The van der Waals surface area contributed by atoms with Gasteiger partial charge in [0.05, 0.1) is 12.3 Å². The van der Waals surface area contributed by atoms with Gasteiger partial charge in [-0.05, 0) is 6.92 Å². The maximum atomic E-state index is 9.00. The first-order chi connectivity index (χ1) is 4.79. The average Bonchev–Trinajstić information content (AvgIpc) is 1.88. The quantitative estimate of drug-likeness (QED) is 0.393. The van der Waals surface area contributed by atoms with Crippen molar-refractivity contribution in [3.8, 4) is 0 Å². The van der Waals surface area contributed by atoms with E-state index >= 15 is 0 Å². The Balaban J connectivity index is 2.13. The van der Waals surface area contributed by atoms with Crippen LogP contribution in [0.5, 0.6) is 0 Å². The predicted octanol–water partition coefficient (Wildman–Crippen LogP) is -1.22. The summed E-state index contributed by atoms with van der Waals surface area (Å²) in [5, 5.41) is 18.4. The maximum absolute atomic E-state index is 9.00. The van der Waals surface area contributed by atoms with Gasteiger partial charge in [0.25, 0.3) is 0 Å². The molecule has 0 aromatic carbocycles. The van der Waals surface area contributed by atoms with Gasteiger partial charge in [0.15, 0.2) is 0 Å². The van der Waals surface area contributed by atoms with E-state index < -0.39 is 0 Å². The highest BCUT2D eigenvalue weighted by atomic mass is 16.3. The molecule has 1 aliphatic heterocycles. The fraction of sp³-hybridized carbons (Fsp3) is 1.00. The van der Waals surface area contributed by atoms with Crippen LogP contribution in [-0.2, 0) is 0 Å². The van der Waals surface area contributed by atoms with Crippen molar-refractivity contribution >= 4 is 0 Å². The minimum absolute atomic E-state index is 0.233. The molecule has 0 spiro atoms. The van der Waals surface area contributed by atoms with Crippen molar-refractivity contribution in [1.82, 2.24) is 16.0 Å². The summed E-state index contributed by atoms with van der Waals surface area (Å²) in [7, 11) is 0. The van der Waals surface area contributed by atoms with Crippen LogP contribution in [0.15, 0.2) is 0 Å². The molecule has 4 nitrogen and oxygen atoms in total. The number of aliphatic hydroxyl groups is 1. The predicted molar refractivity (Wildman–Crippen MR) is 39.2 cm³/mol. The zero-order valence-electron chi connectivity index (χ0n) is 6.22. The fourth-order valence-corrected chi connectivity index (χ4v) is 1.03. The second-order valence-corrected chi connectivity index (χ2v) is 2.65. The maximum Gasteiger partial charge on any atom is 0.0616 e. The lowest BCUT2D eigenvalue weighted by Crippen LogP contribution is -2.56. The van der Waals surface area contributed by atoms with Crippen LogP contribution in [0.3, 0.4) is 0 Å². The SMILES string of the molecule is CC(O)CC1NCNCN1. The molecular formula is C6H15N3O. The molecule has 1 rings (SSSR count). The Labute approximate surface area is 61.0 Å². The lowest BCUT2D eigenvalue weighted by Gasteiger charge is -2.26. The summed E-state index contributed by atoms with van der Waals surface area (Å²) in [6, 6.07) is 0. The molecule has 60 valence electrons. The van der Waals surface area contributed by atoms with Gasteiger partial charge in [-0.2, -0.15) is 0 Å². The van der Waals surface area contributed by atoms with E-state index in [4.69, 9.17) is 5.11 Å².